The number of hydrogen-bond acceptors (Lipinski definition) is 5. The van der Waals surface area contributed by atoms with Gasteiger partial charge in [0.05, 0.1) is 0 Å². The van der Waals surface area contributed by atoms with Crippen LogP contribution in [0, 0.1) is 0 Å². The maximum absolute atomic E-state index is 10.3. The first-order valence-electron chi connectivity index (χ1n) is 9.02. The molecule has 0 bridgehead atoms. The Morgan fingerprint density at radius 3 is 2.68 bits per heavy atom. The van der Waals surface area contributed by atoms with E-state index in [1.807, 2.05) is 42.6 Å². The summed E-state index contributed by atoms with van der Waals surface area (Å²) in [6.07, 6.45) is 2.34. The molecule has 1 saturated heterocycles. The fraction of sp³-hybridized carbons (Fsp3) is 0.450. The highest BCUT2D eigenvalue weighted by atomic mass is 16.5. The van der Waals surface area contributed by atoms with Crippen LogP contribution in [0.25, 0.3) is 0 Å². The molecule has 1 N–H and O–H groups in total. The lowest BCUT2D eigenvalue weighted by molar-refractivity contribution is 0.0662. The second-order valence-electron chi connectivity index (χ2n) is 6.44. The SMILES string of the molecule is CCc1cccc(OCC(O)CN2CCN(c3ccccn3)CC2)c1. The number of rotatable bonds is 7. The van der Waals surface area contributed by atoms with Crippen molar-refractivity contribution >= 4 is 5.82 Å². The lowest BCUT2D eigenvalue weighted by atomic mass is 10.2. The second-order valence-corrected chi connectivity index (χ2v) is 6.44. The largest absolute Gasteiger partial charge is 0.491 e. The lowest BCUT2D eigenvalue weighted by Crippen LogP contribution is -2.49. The molecule has 1 fully saturated rings. The Morgan fingerprint density at radius 1 is 1.12 bits per heavy atom. The van der Waals surface area contributed by atoms with Gasteiger partial charge in [0.25, 0.3) is 0 Å². The molecule has 1 aromatic carbocycles. The number of aliphatic hydroxyl groups excluding tert-OH is 1. The van der Waals surface area contributed by atoms with E-state index >= 15 is 0 Å². The van der Waals surface area contributed by atoms with Crippen LogP contribution >= 0.6 is 0 Å². The minimum atomic E-state index is -0.480. The third-order valence-electron chi connectivity index (χ3n) is 4.56. The molecule has 1 aliphatic heterocycles. The number of piperazine rings is 1. The number of hydrogen-bond donors (Lipinski definition) is 1. The van der Waals surface area contributed by atoms with Gasteiger partial charge in [-0.05, 0) is 36.2 Å². The number of aliphatic hydroxyl groups is 1. The number of pyridine rings is 1. The standard InChI is InChI=1S/C20H27N3O2/c1-2-17-6-5-7-19(14-17)25-16-18(24)15-22-10-12-23(13-11-22)20-8-3-4-9-21-20/h3-9,14,18,24H,2,10-13,15-16H2,1H3. The van der Waals surface area contributed by atoms with Crippen molar-refractivity contribution in [1.82, 2.24) is 9.88 Å². The van der Waals surface area contributed by atoms with Crippen molar-refractivity contribution < 1.29 is 9.84 Å². The van der Waals surface area contributed by atoms with Crippen molar-refractivity contribution in [1.29, 1.82) is 0 Å². The number of aryl methyl sites for hydroxylation is 1. The summed E-state index contributed by atoms with van der Waals surface area (Å²) < 4.78 is 5.75. The van der Waals surface area contributed by atoms with Gasteiger partial charge in [-0.1, -0.05) is 25.1 Å². The van der Waals surface area contributed by atoms with Crippen molar-refractivity contribution in [3.63, 3.8) is 0 Å². The first kappa shape index (κ1) is 17.7. The van der Waals surface area contributed by atoms with Crippen LogP contribution in [0.5, 0.6) is 5.75 Å². The van der Waals surface area contributed by atoms with Gasteiger partial charge in [-0.25, -0.2) is 4.98 Å². The minimum Gasteiger partial charge on any atom is -0.491 e. The number of ether oxygens (including phenoxy) is 1. The molecule has 2 heterocycles. The molecule has 0 amide bonds. The zero-order chi connectivity index (χ0) is 17.5. The van der Waals surface area contributed by atoms with Gasteiger partial charge in [0.2, 0.25) is 0 Å². The third-order valence-corrected chi connectivity index (χ3v) is 4.56. The van der Waals surface area contributed by atoms with Gasteiger partial charge >= 0.3 is 0 Å². The molecule has 25 heavy (non-hydrogen) atoms. The van der Waals surface area contributed by atoms with Crippen molar-refractivity contribution in [2.75, 3.05) is 44.2 Å². The molecular weight excluding hydrogens is 314 g/mol. The summed E-state index contributed by atoms with van der Waals surface area (Å²) in [6.45, 7) is 6.82. The summed E-state index contributed by atoms with van der Waals surface area (Å²) in [4.78, 5) is 8.98. The molecule has 2 aromatic rings. The highest BCUT2D eigenvalue weighted by Crippen LogP contribution is 2.15. The van der Waals surface area contributed by atoms with E-state index in [1.165, 1.54) is 5.56 Å². The number of aromatic nitrogens is 1. The fourth-order valence-electron chi connectivity index (χ4n) is 3.10. The Morgan fingerprint density at radius 2 is 1.96 bits per heavy atom. The number of β-amino-alcohol motifs (C(OH)–C–C–N with tert-alkyl or cyclic N) is 1. The minimum absolute atomic E-state index is 0.327. The van der Waals surface area contributed by atoms with Crippen LogP contribution in [0.4, 0.5) is 5.82 Å². The van der Waals surface area contributed by atoms with Crippen molar-refractivity contribution in [3.8, 4) is 5.75 Å². The van der Waals surface area contributed by atoms with Crippen LogP contribution in [-0.4, -0.2) is 60.4 Å². The predicted molar refractivity (Wildman–Crippen MR) is 100 cm³/mol. The Kier molecular flexibility index (Phi) is 6.25. The summed E-state index contributed by atoms with van der Waals surface area (Å²) in [5.41, 5.74) is 1.25. The molecule has 5 nitrogen and oxygen atoms in total. The van der Waals surface area contributed by atoms with E-state index in [1.54, 1.807) is 0 Å². The lowest BCUT2D eigenvalue weighted by Gasteiger charge is -2.36. The Bertz CT molecular complexity index is 642. The van der Waals surface area contributed by atoms with Crippen molar-refractivity contribution in [3.05, 3.63) is 54.2 Å². The Hall–Kier alpha value is -2.11. The quantitative estimate of drug-likeness (QED) is 0.837. The van der Waals surface area contributed by atoms with E-state index in [-0.39, 0.29) is 0 Å². The van der Waals surface area contributed by atoms with E-state index in [9.17, 15) is 5.11 Å². The fourth-order valence-corrected chi connectivity index (χ4v) is 3.10. The van der Waals surface area contributed by atoms with Gasteiger partial charge < -0.3 is 14.7 Å². The molecule has 1 unspecified atom stereocenters. The van der Waals surface area contributed by atoms with E-state index in [2.05, 4.69) is 27.8 Å². The van der Waals surface area contributed by atoms with Crippen LogP contribution < -0.4 is 9.64 Å². The van der Waals surface area contributed by atoms with Crippen LogP contribution in [0.15, 0.2) is 48.7 Å². The van der Waals surface area contributed by atoms with Gasteiger partial charge in [0.15, 0.2) is 0 Å². The van der Waals surface area contributed by atoms with Crippen LogP contribution in [-0.2, 0) is 6.42 Å². The number of nitrogens with zero attached hydrogens (tertiary/aromatic N) is 3. The van der Waals surface area contributed by atoms with Gasteiger partial charge in [0.1, 0.15) is 24.3 Å². The predicted octanol–water partition coefficient (Wildman–Crippen LogP) is 2.21. The number of anilines is 1. The van der Waals surface area contributed by atoms with Crippen LogP contribution in [0.3, 0.4) is 0 Å². The summed E-state index contributed by atoms with van der Waals surface area (Å²) in [6, 6.07) is 14.1. The zero-order valence-electron chi connectivity index (χ0n) is 14.8. The molecule has 3 rings (SSSR count). The topological polar surface area (TPSA) is 48.8 Å². The van der Waals surface area contributed by atoms with Gasteiger partial charge in [0, 0.05) is 38.9 Å². The van der Waals surface area contributed by atoms with E-state index in [0.29, 0.717) is 13.2 Å². The Balaban J connectivity index is 1.41. The van der Waals surface area contributed by atoms with Gasteiger partial charge in [-0.3, -0.25) is 4.90 Å². The second kappa shape index (κ2) is 8.83. The summed E-state index contributed by atoms with van der Waals surface area (Å²) in [5.74, 6) is 1.86. The smallest absolute Gasteiger partial charge is 0.128 e. The van der Waals surface area contributed by atoms with Crippen molar-refractivity contribution in [2.24, 2.45) is 0 Å². The molecule has 0 spiro atoms. The molecule has 0 radical (unpaired) electrons. The normalized spacial score (nSPS) is 16.6. The monoisotopic (exact) mass is 341 g/mol. The van der Waals surface area contributed by atoms with Gasteiger partial charge in [-0.15, -0.1) is 0 Å². The molecule has 0 aliphatic carbocycles. The zero-order valence-corrected chi connectivity index (χ0v) is 14.8. The average molecular weight is 341 g/mol. The average Bonchev–Trinajstić information content (AvgIpc) is 2.68. The molecule has 1 aliphatic rings. The first-order valence-corrected chi connectivity index (χ1v) is 9.02. The molecule has 1 atom stereocenters. The molecule has 5 heteroatoms. The summed E-state index contributed by atoms with van der Waals surface area (Å²) in [7, 11) is 0. The number of benzene rings is 1. The maximum atomic E-state index is 10.3. The Labute approximate surface area is 149 Å². The maximum Gasteiger partial charge on any atom is 0.128 e. The van der Waals surface area contributed by atoms with E-state index < -0.39 is 6.10 Å². The first-order chi connectivity index (χ1) is 12.2. The van der Waals surface area contributed by atoms with Crippen molar-refractivity contribution in [2.45, 2.75) is 19.4 Å². The van der Waals surface area contributed by atoms with Crippen LogP contribution in [0.2, 0.25) is 0 Å². The van der Waals surface area contributed by atoms with Crippen LogP contribution in [0.1, 0.15) is 12.5 Å². The molecule has 1 aromatic heterocycles. The molecular formula is C20H27N3O2. The highest BCUT2D eigenvalue weighted by Gasteiger charge is 2.20. The van der Waals surface area contributed by atoms with E-state index in [4.69, 9.17) is 4.74 Å². The third kappa shape index (κ3) is 5.18. The molecule has 0 saturated carbocycles. The summed E-state index contributed by atoms with van der Waals surface area (Å²) >= 11 is 0. The van der Waals surface area contributed by atoms with E-state index in [0.717, 1.165) is 44.2 Å². The summed E-state index contributed by atoms with van der Waals surface area (Å²) in [5, 5.41) is 10.3. The molecule has 134 valence electrons. The van der Waals surface area contributed by atoms with Gasteiger partial charge in [-0.2, -0.15) is 0 Å². The highest BCUT2D eigenvalue weighted by molar-refractivity contribution is 5.38.